The Kier molecular flexibility index (Phi) is 4.74. The monoisotopic (exact) mass is 263 g/mol. The van der Waals surface area contributed by atoms with Gasteiger partial charge in [-0.2, -0.15) is 0 Å². The van der Waals surface area contributed by atoms with E-state index in [2.05, 4.69) is 10.3 Å². The first-order valence-electron chi connectivity index (χ1n) is 6.67. The summed E-state index contributed by atoms with van der Waals surface area (Å²) in [6, 6.07) is 1.75. The standard InChI is InChI=1S/C14H21N3O2/c1-15-13-8-16-6-5-12(13)14(18)17(2)9-11-4-3-7-19-10-11/h5-6,8,11,15H,3-4,7,9-10H2,1-2H3. The lowest BCUT2D eigenvalue weighted by molar-refractivity contribution is 0.0389. The molecule has 1 aromatic heterocycles. The fourth-order valence-electron chi connectivity index (χ4n) is 2.41. The minimum atomic E-state index is 0.0253. The molecule has 19 heavy (non-hydrogen) atoms. The van der Waals surface area contributed by atoms with E-state index in [1.807, 2.05) is 7.05 Å². The zero-order valence-corrected chi connectivity index (χ0v) is 11.6. The smallest absolute Gasteiger partial charge is 0.255 e. The van der Waals surface area contributed by atoms with Crippen molar-refractivity contribution in [3.8, 4) is 0 Å². The largest absolute Gasteiger partial charge is 0.386 e. The Bertz CT molecular complexity index is 430. The molecule has 5 heteroatoms. The van der Waals surface area contributed by atoms with Gasteiger partial charge in [0, 0.05) is 33.4 Å². The lowest BCUT2D eigenvalue weighted by Gasteiger charge is -2.27. The first-order chi connectivity index (χ1) is 9.22. The van der Waals surface area contributed by atoms with Crippen molar-refractivity contribution in [3.05, 3.63) is 24.0 Å². The topological polar surface area (TPSA) is 54.5 Å². The molecule has 2 heterocycles. The number of nitrogens with one attached hydrogen (secondary N) is 1. The number of carbonyl (C=O) groups excluding carboxylic acids is 1. The number of pyridine rings is 1. The fourth-order valence-corrected chi connectivity index (χ4v) is 2.41. The van der Waals surface area contributed by atoms with E-state index >= 15 is 0 Å². The number of aromatic nitrogens is 1. The molecule has 0 aromatic carbocycles. The molecule has 1 aliphatic rings. The van der Waals surface area contributed by atoms with Crippen molar-refractivity contribution >= 4 is 11.6 Å². The third-order valence-corrected chi connectivity index (χ3v) is 3.45. The minimum absolute atomic E-state index is 0.0253. The summed E-state index contributed by atoms with van der Waals surface area (Å²) in [6.45, 7) is 2.35. The highest BCUT2D eigenvalue weighted by atomic mass is 16.5. The highest BCUT2D eigenvalue weighted by molar-refractivity contribution is 5.99. The summed E-state index contributed by atoms with van der Waals surface area (Å²) in [4.78, 5) is 18.2. The number of hydrogen-bond donors (Lipinski definition) is 1. The van der Waals surface area contributed by atoms with E-state index in [0.29, 0.717) is 11.5 Å². The molecule has 1 aromatic rings. The van der Waals surface area contributed by atoms with Crippen molar-refractivity contribution in [3.63, 3.8) is 0 Å². The van der Waals surface area contributed by atoms with Crippen LogP contribution in [0, 0.1) is 5.92 Å². The maximum Gasteiger partial charge on any atom is 0.255 e. The van der Waals surface area contributed by atoms with Crippen molar-refractivity contribution in [1.29, 1.82) is 0 Å². The van der Waals surface area contributed by atoms with Gasteiger partial charge in [0.1, 0.15) is 0 Å². The second kappa shape index (κ2) is 6.52. The lowest BCUT2D eigenvalue weighted by atomic mass is 10.0. The predicted molar refractivity (Wildman–Crippen MR) is 74.3 cm³/mol. The molecule has 1 atom stereocenters. The van der Waals surface area contributed by atoms with Gasteiger partial charge in [-0.3, -0.25) is 9.78 Å². The summed E-state index contributed by atoms with van der Waals surface area (Å²) < 4.78 is 5.45. The zero-order chi connectivity index (χ0) is 13.7. The lowest BCUT2D eigenvalue weighted by Crippen LogP contribution is -2.35. The Labute approximate surface area is 114 Å². The molecule has 1 fully saturated rings. The molecule has 0 spiro atoms. The molecule has 2 rings (SSSR count). The highest BCUT2D eigenvalue weighted by Crippen LogP contribution is 2.18. The van der Waals surface area contributed by atoms with E-state index < -0.39 is 0 Å². The summed E-state index contributed by atoms with van der Waals surface area (Å²) in [5.74, 6) is 0.472. The Morgan fingerprint density at radius 2 is 2.47 bits per heavy atom. The van der Waals surface area contributed by atoms with Crippen LogP contribution in [-0.4, -0.2) is 49.6 Å². The maximum atomic E-state index is 12.4. The molecule has 5 nitrogen and oxygen atoms in total. The number of anilines is 1. The molecular weight excluding hydrogens is 242 g/mol. The number of nitrogens with zero attached hydrogens (tertiary/aromatic N) is 2. The average Bonchev–Trinajstić information content (AvgIpc) is 2.47. The number of amides is 1. The summed E-state index contributed by atoms with van der Waals surface area (Å²) >= 11 is 0. The summed E-state index contributed by atoms with van der Waals surface area (Å²) in [5.41, 5.74) is 1.43. The van der Waals surface area contributed by atoms with Crippen molar-refractivity contribution in [2.24, 2.45) is 5.92 Å². The van der Waals surface area contributed by atoms with Crippen molar-refractivity contribution < 1.29 is 9.53 Å². The van der Waals surface area contributed by atoms with E-state index in [-0.39, 0.29) is 5.91 Å². The summed E-state index contributed by atoms with van der Waals surface area (Å²) in [6.07, 6.45) is 5.53. The van der Waals surface area contributed by atoms with Crippen LogP contribution in [0.1, 0.15) is 23.2 Å². The van der Waals surface area contributed by atoms with E-state index in [0.717, 1.165) is 38.3 Å². The molecule has 1 amide bonds. The van der Waals surface area contributed by atoms with Gasteiger partial charge in [-0.05, 0) is 24.8 Å². The van der Waals surface area contributed by atoms with Crippen LogP contribution < -0.4 is 5.32 Å². The molecule has 0 radical (unpaired) electrons. The minimum Gasteiger partial charge on any atom is -0.386 e. The molecular formula is C14H21N3O2. The third-order valence-electron chi connectivity index (χ3n) is 3.45. The Hall–Kier alpha value is -1.62. The molecule has 0 saturated carbocycles. The quantitative estimate of drug-likeness (QED) is 0.897. The number of carbonyl (C=O) groups is 1. The van der Waals surface area contributed by atoms with E-state index in [1.165, 1.54) is 0 Å². The Balaban J connectivity index is 2.01. The van der Waals surface area contributed by atoms with Gasteiger partial charge in [-0.15, -0.1) is 0 Å². The fraction of sp³-hybridized carbons (Fsp3) is 0.571. The Morgan fingerprint density at radius 3 is 3.16 bits per heavy atom. The molecule has 104 valence electrons. The van der Waals surface area contributed by atoms with Crippen LogP contribution in [0.3, 0.4) is 0 Å². The van der Waals surface area contributed by atoms with Crippen LogP contribution >= 0.6 is 0 Å². The van der Waals surface area contributed by atoms with Gasteiger partial charge in [0.15, 0.2) is 0 Å². The van der Waals surface area contributed by atoms with Gasteiger partial charge in [0.05, 0.1) is 24.1 Å². The second-order valence-corrected chi connectivity index (χ2v) is 4.94. The first-order valence-corrected chi connectivity index (χ1v) is 6.67. The average molecular weight is 263 g/mol. The number of ether oxygens (including phenoxy) is 1. The zero-order valence-electron chi connectivity index (χ0n) is 11.6. The van der Waals surface area contributed by atoms with Crippen LogP contribution in [0.25, 0.3) is 0 Å². The second-order valence-electron chi connectivity index (χ2n) is 4.94. The SMILES string of the molecule is CNc1cnccc1C(=O)N(C)CC1CCCOC1. The maximum absolute atomic E-state index is 12.4. The van der Waals surface area contributed by atoms with E-state index in [1.54, 1.807) is 30.4 Å². The van der Waals surface area contributed by atoms with Crippen molar-refractivity contribution in [2.45, 2.75) is 12.8 Å². The van der Waals surface area contributed by atoms with Gasteiger partial charge in [0.25, 0.3) is 5.91 Å². The van der Waals surface area contributed by atoms with Gasteiger partial charge in [0.2, 0.25) is 0 Å². The van der Waals surface area contributed by atoms with Crippen molar-refractivity contribution in [2.75, 3.05) is 39.2 Å². The van der Waals surface area contributed by atoms with Crippen LogP contribution in [0.2, 0.25) is 0 Å². The number of rotatable bonds is 4. The third kappa shape index (κ3) is 3.44. The Morgan fingerprint density at radius 1 is 1.63 bits per heavy atom. The summed E-state index contributed by atoms with van der Waals surface area (Å²) in [7, 11) is 3.64. The predicted octanol–water partition coefficient (Wildman–Crippen LogP) is 1.62. The summed E-state index contributed by atoms with van der Waals surface area (Å²) in [5, 5.41) is 3.00. The highest BCUT2D eigenvalue weighted by Gasteiger charge is 2.21. The van der Waals surface area contributed by atoms with Gasteiger partial charge in [-0.1, -0.05) is 0 Å². The molecule has 1 aliphatic heterocycles. The van der Waals surface area contributed by atoms with Crippen molar-refractivity contribution in [1.82, 2.24) is 9.88 Å². The van der Waals surface area contributed by atoms with E-state index in [9.17, 15) is 4.79 Å². The normalized spacial score (nSPS) is 18.9. The van der Waals surface area contributed by atoms with Crippen LogP contribution in [0.5, 0.6) is 0 Å². The molecule has 1 unspecified atom stereocenters. The molecule has 0 bridgehead atoms. The van der Waals surface area contributed by atoms with Gasteiger partial charge in [-0.25, -0.2) is 0 Å². The molecule has 1 saturated heterocycles. The van der Waals surface area contributed by atoms with E-state index in [4.69, 9.17) is 4.74 Å². The first kappa shape index (κ1) is 13.8. The van der Waals surface area contributed by atoms with Crippen LogP contribution in [0.4, 0.5) is 5.69 Å². The van der Waals surface area contributed by atoms with Gasteiger partial charge < -0.3 is 15.0 Å². The van der Waals surface area contributed by atoms with Crippen LogP contribution in [0.15, 0.2) is 18.5 Å². The number of hydrogen-bond acceptors (Lipinski definition) is 4. The molecule has 0 aliphatic carbocycles. The molecule has 1 N–H and O–H groups in total. The van der Waals surface area contributed by atoms with Gasteiger partial charge >= 0.3 is 0 Å². The van der Waals surface area contributed by atoms with Crippen LogP contribution in [-0.2, 0) is 4.74 Å².